The van der Waals surface area contributed by atoms with E-state index in [0.29, 0.717) is 37.6 Å². The highest BCUT2D eigenvalue weighted by atomic mass is 16.6. The SMILES string of the molecule is O=C(Cc1ccc2c(c1)OCCO2)NC1(C(=O)O)CCCC1. The molecule has 1 amide bonds. The summed E-state index contributed by atoms with van der Waals surface area (Å²) in [4.78, 5) is 23.7. The highest BCUT2D eigenvalue weighted by molar-refractivity contribution is 5.88. The van der Waals surface area contributed by atoms with Crippen molar-refractivity contribution in [2.24, 2.45) is 0 Å². The number of hydrogen-bond donors (Lipinski definition) is 2. The van der Waals surface area contributed by atoms with Crippen LogP contribution in [0.15, 0.2) is 18.2 Å². The summed E-state index contributed by atoms with van der Waals surface area (Å²) in [5, 5.41) is 12.1. The van der Waals surface area contributed by atoms with Crippen LogP contribution in [0.2, 0.25) is 0 Å². The molecular formula is C16H19NO5. The predicted molar refractivity (Wildman–Crippen MR) is 78.1 cm³/mol. The van der Waals surface area contributed by atoms with E-state index in [-0.39, 0.29) is 12.3 Å². The Morgan fingerprint density at radius 1 is 1.14 bits per heavy atom. The van der Waals surface area contributed by atoms with Gasteiger partial charge in [0.15, 0.2) is 11.5 Å². The molecule has 1 aliphatic carbocycles. The van der Waals surface area contributed by atoms with Crippen molar-refractivity contribution in [1.82, 2.24) is 5.32 Å². The van der Waals surface area contributed by atoms with Gasteiger partial charge in [-0.05, 0) is 30.5 Å². The zero-order chi connectivity index (χ0) is 15.6. The molecule has 3 rings (SSSR count). The number of carbonyl (C=O) groups is 2. The van der Waals surface area contributed by atoms with Crippen LogP contribution >= 0.6 is 0 Å². The number of ether oxygens (including phenoxy) is 2. The van der Waals surface area contributed by atoms with E-state index < -0.39 is 11.5 Å². The second kappa shape index (κ2) is 5.87. The third-order valence-corrected chi connectivity index (χ3v) is 4.22. The molecule has 2 aliphatic rings. The van der Waals surface area contributed by atoms with Crippen LogP contribution in [0.3, 0.4) is 0 Å². The van der Waals surface area contributed by atoms with E-state index in [1.54, 1.807) is 18.2 Å². The molecule has 1 aliphatic heterocycles. The molecule has 1 aromatic rings. The number of carboxylic acids is 1. The van der Waals surface area contributed by atoms with Crippen molar-refractivity contribution in [2.45, 2.75) is 37.6 Å². The van der Waals surface area contributed by atoms with Crippen LogP contribution in [-0.2, 0) is 16.0 Å². The molecule has 0 saturated heterocycles. The number of benzene rings is 1. The van der Waals surface area contributed by atoms with E-state index >= 15 is 0 Å². The van der Waals surface area contributed by atoms with Crippen LogP contribution < -0.4 is 14.8 Å². The van der Waals surface area contributed by atoms with Crippen LogP contribution in [0.25, 0.3) is 0 Å². The summed E-state index contributed by atoms with van der Waals surface area (Å²) in [6.07, 6.45) is 2.78. The van der Waals surface area contributed by atoms with E-state index in [2.05, 4.69) is 5.32 Å². The third-order valence-electron chi connectivity index (χ3n) is 4.22. The number of rotatable bonds is 4. The quantitative estimate of drug-likeness (QED) is 0.881. The Morgan fingerprint density at radius 3 is 2.50 bits per heavy atom. The monoisotopic (exact) mass is 305 g/mol. The van der Waals surface area contributed by atoms with Crippen molar-refractivity contribution in [3.63, 3.8) is 0 Å². The topological polar surface area (TPSA) is 84.9 Å². The van der Waals surface area contributed by atoms with Gasteiger partial charge in [0.1, 0.15) is 18.8 Å². The van der Waals surface area contributed by atoms with Crippen molar-refractivity contribution in [3.8, 4) is 11.5 Å². The molecule has 22 heavy (non-hydrogen) atoms. The first kappa shape index (κ1) is 14.7. The predicted octanol–water partition coefficient (Wildman–Crippen LogP) is 1.51. The Labute approximate surface area is 128 Å². The minimum Gasteiger partial charge on any atom is -0.486 e. The first-order valence-electron chi connectivity index (χ1n) is 7.52. The molecule has 6 heteroatoms. The summed E-state index contributed by atoms with van der Waals surface area (Å²) >= 11 is 0. The van der Waals surface area contributed by atoms with Crippen LogP contribution in [-0.4, -0.2) is 35.7 Å². The second-order valence-corrected chi connectivity index (χ2v) is 5.80. The fourth-order valence-corrected chi connectivity index (χ4v) is 3.07. The maximum atomic E-state index is 12.2. The summed E-state index contributed by atoms with van der Waals surface area (Å²) in [6, 6.07) is 5.35. The number of fused-ring (bicyclic) bond motifs is 1. The average molecular weight is 305 g/mol. The number of amides is 1. The number of aliphatic carboxylic acids is 1. The zero-order valence-electron chi connectivity index (χ0n) is 12.3. The smallest absolute Gasteiger partial charge is 0.329 e. The zero-order valence-corrected chi connectivity index (χ0v) is 12.3. The second-order valence-electron chi connectivity index (χ2n) is 5.80. The summed E-state index contributed by atoms with van der Waals surface area (Å²) in [6.45, 7) is 1.01. The van der Waals surface area contributed by atoms with E-state index in [1.165, 1.54) is 0 Å². The Morgan fingerprint density at radius 2 is 1.82 bits per heavy atom. The molecular weight excluding hydrogens is 286 g/mol. The van der Waals surface area contributed by atoms with Crippen molar-refractivity contribution >= 4 is 11.9 Å². The minimum absolute atomic E-state index is 0.131. The lowest BCUT2D eigenvalue weighted by Gasteiger charge is -2.25. The maximum Gasteiger partial charge on any atom is 0.329 e. The average Bonchev–Trinajstić information content (AvgIpc) is 2.97. The first-order chi connectivity index (χ1) is 10.6. The molecule has 1 aromatic carbocycles. The fourth-order valence-electron chi connectivity index (χ4n) is 3.07. The summed E-state index contributed by atoms with van der Waals surface area (Å²) in [7, 11) is 0. The van der Waals surface area contributed by atoms with E-state index in [4.69, 9.17) is 9.47 Å². The number of carboxylic acid groups (broad SMARTS) is 1. The molecule has 0 unspecified atom stereocenters. The van der Waals surface area contributed by atoms with Gasteiger partial charge in [-0.25, -0.2) is 4.79 Å². The third kappa shape index (κ3) is 2.86. The van der Waals surface area contributed by atoms with Gasteiger partial charge in [-0.2, -0.15) is 0 Å². The number of hydrogen-bond acceptors (Lipinski definition) is 4. The lowest BCUT2D eigenvalue weighted by Crippen LogP contribution is -2.52. The van der Waals surface area contributed by atoms with Crippen LogP contribution in [0.5, 0.6) is 11.5 Å². The Hall–Kier alpha value is -2.24. The Bertz CT molecular complexity index is 592. The van der Waals surface area contributed by atoms with Gasteiger partial charge in [-0.1, -0.05) is 18.9 Å². The molecule has 2 N–H and O–H groups in total. The molecule has 0 aromatic heterocycles. The Kier molecular flexibility index (Phi) is 3.92. The molecule has 0 atom stereocenters. The van der Waals surface area contributed by atoms with Crippen LogP contribution in [0, 0.1) is 0 Å². The standard InChI is InChI=1S/C16H19NO5/c18-14(17-16(15(19)20)5-1-2-6-16)10-11-3-4-12-13(9-11)22-8-7-21-12/h3-4,9H,1-2,5-8,10H2,(H,17,18)(H,19,20). The highest BCUT2D eigenvalue weighted by Gasteiger charge is 2.42. The first-order valence-corrected chi connectivity index (χ1v) is 7.52. The van der Waals surface area contributed by atoms with Gasteiger partial charge >= 0.3 is 5.97 Å². The fraction of sp³-hybridized carbons (Fsp3) is 0.500. The summed E-state index contributed by atoms with van der Waals surface area (Å²) < 4.78 is 10.9. The van der Waals surface area contributed by atoms with E-state index in [1.807, 2.05) is 0 Å². The summed E-state index contributed by atoms with van der Waals surface area (Å²) in [5.41, 5.74) is -0.314. The number of carbonyl (C=O) groups excluding carboxylic acids is 1. The largest absolute Gasteiger partial charge is 0.486 e. The normalized spacial score (nSPS) is 18.7. The molecule has 0 bridgehead atoms. The van der Waals surface area contributed by atoms with Crippen LogP contribution in [0.4, 0.5) is 0 Å². The van der Waals surface area contributed by atoms with E-state index in [9.17, 15) is 14.7 Å². The van der Waals surface area contributed by atoms with Crippen molar-refractivity contribution < 1.29 is 24.2 Å². The van der Waals surface area contributed by atoms with Crippen molar-refractivity contribution in [3.05, 3.63) is 23.8 Å². The van der Waals surface area contributed by atoms with Gasteiger partial charge in [0, 0.05) is 0 Å². The van der Waals surface area contributed by atoms with Crippen molar-refractivity contribution in [1.29, 1.82) is 0 Å². The van der Waals surface area contributed by atoms with E-state index in [0.717, 1.165) is 18.4 Å². The van der Waals surface area contributed by atoms with Gasteiger partial charge in [0.2, 0.25) is 5.91 Å². The van der Waals surface area contributed by atoms with Gasteiger partial charge in [-0.3, -0.25) is 4.79 Å². The minimum atomic E-state index is -1.09. The molecule has 6 nitrogen and oxygen atoms in total. The molecule has 118 valence electrons. The molecule has 0 spiro atoms. The van der Waals surface area contributed by atoms with Gasteiger partial charge in [0.05, 0.1) is 6.42 Å². The molecule has 0 radical (unpaired) electrons. The highest BCUT2D eigenvalue weighted by Crippen LogP contribution is 2.32. The molecule has 1 heterocycles. The number of nitrogens with one attached hydrogen (secondary N) is 1. The summed E-state index contributed by atoms with van der Waals surface area (Å²) in [5.74, 6) is 0.0834. The van der Waals surface area contributed by atoms with Gasteiger partial charge in [0.25, 0.3) is 0 Å². The van der Waals surface area contributed by atoms with Crippen LogP contribution in [0.1, 0.15) is 31.2 Å². The lowest BCUT2D eigenvalue weighted by atomic mass is 9.97. The lowest BCUT2D eigenvalue weighted by molar-refractivity contribution is -0.147. The molecule has 1 saturated carbocycles. The van der Waals surface area contributed by atoms with Crippen molar-refractivity contribution in [2.75, 3.05) is 13.2 Å². The van der Waals surface area contributed by atoms with Gasteiger partial charge in [-0.15, -0.1) is 0 Å². The van der Waals surface area contributed by atoms with Gasteiger partial charge < -0.3 is 19.9 Å². The Balaban J connectivity index is 1.68. The molecule has 1 fully saturated rings. The maximum absolute atomic E-state index is 12.2.